The average molecular weight is 740 g/mol. The van der Waals surface area contributed by atoms with Crippen LogP contribution in [-0.2, 0) is 29.5 Å². The number of benzene rings is 3. The van der Waals surface area contributed by atoms with Crippen LogP contribution in [0.5, 0.6) is 5.75 Å². The lowest BCUT2D eigenvalue weighted by atomic mass is 9.92. The van der Waals surface area contributed by atoms with Crippen molar-refractivity contribution in [3.05, 3.63) is 111 Å². The number of ether oxygens (including phenoxy) is 3. The van der Waals surface area contributed by atoms with Crippen LogP contribution in [-0.4, -0.2) is 91.5 Å². The maximum Gasteiger partial charge on any atom is 0.270 e. The van der Waals surface area contributed by atoms with Crippen LogP contribution in [0.25, 0.3) is 11.3 Å². The summed E-state index contributed by atoms with van der Waals surface area (Å²) in [6.07, 6.45) is 0.703. The van der Waals surface area contributed by atoms with Crippen molar-refractivity contribution in [3.8, 4) is 17.0 Å². The van der Waals surface area contributed by atoms with E-state index in [1.54, 1.807) is 48.0 Å². The molecule has 1 fully saturated rings. The summed E-state index contributed by atoms with van der Waals surface area (Å²) in [4.78, 5) is 44.1. The lowest BCUT2D eigenvalue weighted by Gasteiger charge is -2.40. The minimum Gasteiger partial charge on any atom is -0.468 e. The summed E-state index contributed by atoms with van der Waals surface area (Å²) in [5, 5.41) is 15.0. The summed E-state index contributed by atoms with van der Waals surface area (Å²) in [7, 11) is 0.619. The summed E-state index contributed by atoms with van der Waals surface area (Å²) in [5.41, 5.74) is 5.04. The molecule has 0 radical (unpaired) electrons. The van der Waals surface area contributed by atoms with Crippen molar-refractivity contribution < 1.29 is 28.7 Å². The van der Waals surface area contributed by atoms with Gasteiger partial charge in [0.2, 0.25) is 0 Å². The number of non-ortho nitro benzene ring substituents is 1. The van der Waals surface area contributed by atoms with Crippen molar-refractivity contribution in [2.24, 2.45) is 7.05 Å². The monoisotopic (exact) mass is 739 g/mol. The van der Waals surface area contributed by atoms with E-state index in [0.717, 1.165) is 24.7 Å². The molecule has 53 heavy (non-hydrogen) atoms. The Balaban J connectivity index is 1.24. The predicted octanol–water partition coefficient (Wildman–Crippen LogP) is 6.75. The molecule has 1 saturated heterocycles. The lowest BCUT2D eigenvalue weighted by Crippen LogP contribution is -2.52. The summed E-state index contributed by atoms with van der Waals surface area (Å²) in [5.74, 6) is 0.0712. The number of nitrogens with one attached hydrogen (secondary N) is 1. The van der Waals surface area contributed by atoms with E-state index in [4.69, 9.17) is 14.2 Å². The van der Waals surface area contributed by atoms with E-state index in [1.165, 1.54) is 17.7 Å². The van der Waals surface area contributed by atoms with E-state index in [-0.39, 0.29) is 30.3 Å². The third-order valence-electron chi connectivity index (χ3n) is 10.1. The third kappa shape index (κ3) is 9.22. The molecule has 1 aromatic heterocycles. The van der Waals surface area contributed by atoms with Crippen molar-refractivity contribution in [1.29, 1.82) is 0 Å². The first kappa shape index (κ1) is 37.9. The van der Waals surface area contributed by atoms with Crippen LogP contribution in [0.3, 0.4) is 0 Å². The number of nitrogens with zero attached hydrogens (tertiary/aromatic N) is 4. The minimum atomic E-state index is -1.18. The number of morpholine rings is 1. The molecule has 12 nitrogen and oxygen atoms in total. The van der Waals surface area contributed by atoms with Crippen LogP contribution in [0.15, 0.2) is 72.8 Å². The maximum atomic E-state index is 14.7. The second-order valence-electron chi connectivity index (χ2n) is 15.0. The smallest absolute Gasteiger partial charge is 0.270 e. The quantitative estimate of drug-likeness (QED) is 0.0525. The summed E-state index contributed by atoms with van der Waals surface area (Å²) in [6, 6.07) is 22.3. The minimum absolute atomic E-state index is 0.102. The molecule has 0 unspecified atom stereocenters. The van der Waals surface area contributed by atoms with Crippen molar-refractivity contribution in [2.45, 2.75) is 51.6 Å². The van der Waals surface area contributed by atoms with E-state index >= 15 is 0 Å². The summed E-state index contributed by atoms with van der Waals surface area (Å²) >= 11 is 0. The second-order valence-corrected chi connectivity index (χ2v) is 20.6. The molecule has 4 aromatic rings. The molecule has 2 aliphatic rings. The maximum absolute atomic E-state index is 14.7. The highest BCUT2D eigenvalue weighted by atomic mass is 28.3. The number of carbonyl (C=O) groups is 2. The number of nitro groups is 1. The number of hydrogen-bond acceptors (Lipinski definition) is 8. The topological polar surface area (TPSA) is 128 Å². The van der Waals surface area contributed by atoms with Crippen LogP contribution >= 0.6 is 0 Å². The van der Waals surface area contributed by atoms with E-state index in [2.05, 4.69) is 35.9 Å². The number of rotatable bonds is 13. The van der Waals surface area contributed by atoms with Crippen molar-refractivity contribution in [1.82, 2.24) is 14.4 Å². The Labute approximate surface area is 311 Å². The molecular formula is C40H49N5O7Si. The second kappa shape index (κ2) is 16.5. The molecule has 0 spiro atoms. The molecule has 2 aliphatic heterocycles. The Morgan fingerprint density at radius 1 is 0.981 bits per heavy atom. The van der Waals surface area contributed by atoms with Gasteiger partial charge in [-0.15, -0.1) is 0 Å². The molecule has 3 aromatic carbocycles. The number of anilines is 1. The van der Waals surface area contributed by atoms with Crippen LogP contribution in [0.2, 0.25) is 25.7 Å². The van der Waals surface area contributed by atoms with Crippen LogP contribution in [0.1, 0.15) is 37.5 Å². The van der Waals surface area contributed by atoms with E-state index in [0.29, 0.717) is 78.8 Å². The van der Waals surface area contributed by atoms with Gasteiger partial charge in [-0.3, -0.25) is 24.6 Å². The highest BCUT2D eigenvalue weighted by Gasteiger charge is 2.34. The zero-order chi connectivity index (χ0) is 37.7. The summed E-state index contributed by atoms with van der Waals surface area (Å²) < 4.78 is 18.7. The van der Waals surface area contributed by atoms with E-state index in [1.807, 2.05) is 30.0 Å². The third-order valence-corrected chi connectivity index (χ3v) is 11.8. The molecule has 3 heterocycles. The van der Waals surface area contributed by atoms with Crippen LogP contribution in [0, 0.1) is 17.0 Å². The zero-order valence-electron chi connectivity index (χ0n) is 31.2. The van der Waals surface area contributed by atoms with E-state index in [9.17, 15) is 19.7 Å². The van der Waals surface area contributed by atoms with Gasteiger partial charge in [-0.2, -0.15) is 0 Å². The lowest BCUT2D eigenvalue weighted by molar-refractivity contribution is -0.384. The van der Waals surface area contributed by atoms with Gasteiger partial charge >= 0.3 is 0 Å². The summed E-state index contributed by atoms with van der Waals surface area (Å²) in [6.45, 7) is 13.5. The standard InChI is InChI=1S/C40H49N5O7Si/c1-28-36(39(46)41-31-10-13-34(14-11-31)52-27-51-20-21-53(3,4)5)24-38(42(28)2)37-23-32(45(48)49)12-15-35(37)40(47)44-25-30-9-7-6-8-29(30)22-33(44)26-43-16-18-50-19-17-43/h6-15,23-24,33H,16-22,25-27H2,1-5H3,(H,41,46)/t33-/m0/s1. The van der Waals surface area contributed by atoms with Gasteiger partial charge in [0.1, 0.15) is 5.75 Å². The van der Waals surface area contributed by atoms with Gasteiger partial charge in [-0.25, -0.2) is 0 Å². The molecular weight excluding hydrogens is 691 g/mol. The molecule has 6 rings (SSSR count). The predicted molar refractivity (Wildman–Crippen MR) is 207 cm³/mol. The molecule has 0 aliphatic carbocycles. The van der Waals surface area contributed by atoms with Gasteiger partial charge in [0.05, 0.1) is 23.7 Å². The Morgan fingerprint density at radius 2 is 1.70 bits per heavy atom. The highest BCUT2D eigenvalue weighted by molar-refractivity contribution is 6.76. The zero-order valence-corrected chi connectivity index (χ0v) is 32.2. The molecule has 1 N–H and O–H groups in total. The number of aromatic nitrogens is 1. The average Bonchev–Trinajstić information content (AvgIpc) is 3.44. The van der Waals surface area contributed by atoms with Crippen LogP contribution in [0.4, 0.5) is 11.4 Å². The molecule has 0 saturated carbocycles. The first-order valence-electron chi connectivity index (χ1n) is 18.1. The van der Waals surface area contributed by atoms with Crippen molar-refractivity contribution >= 4 is 31.3 Å². The first-order valence-corrected chi connectivity index (χ1v) is 21.8. The number of fused-ring (bicyclic) bond motifs is 1. The molecule has 13 heteroatoms. The van der Waals surface area contributed by atoms with Crippen molar-refractivity contribution in [2.75, 3.05) is 51.6 Å². The van der Waals surface area contributed by atoms with Gasteiger partial charge in [-0.05, 0) is 66.9 Å². The largest absolute Gasteiger partial charge is 0.468 e. The van der Waals surface area contributed by atoms with Gasteiger partial charge in [-0.1, -0.05) is 43.9 Å². The SMILES string of the molecule is Cc1c(C(=O)Nc2ccc(OCOCC[Si](C)(C)C)cc2)cc(-c2cc([N+](=O)[O-])ccc2C(=O)N2Cc3ccccc3C[C@H]2CN2CCOCC2)n1C. The fourth-order valence-corrected chi connectivity index (χ4v) is 7.59. The molecule has 1 atom stereocenters. The Kier molecular flexibility index (Phi) is 11.8. The van der Waals surface area contributed by atoms with E-state index < -0.39 is 13.0 Å². The first-order chi connectivity index (χ1) is 25.4. The Bertz CT molecular complexity index is 1950. The molecule has 0 bridgehead atoms. The fraction of sp³-hybridized carbons (Fsp3) is 0.400. The number of hydrogen-bond donors (Lipinski definition) is 1. The fourth-order valence-electron chi connectivity index (χ4n) is 6.84. The molecule has 2 amide bonds. The number of nitro benzene ring substituents is 1. The van der Waals surface area contributed by atoms with Gasteiger partial charge in [0.25, 0.3) is 17.5 Å². The normalized spacial score (nSPS) is 16.2. The van der Waals surface area contributed by atoms with Crippen LogP contribution < -0.4 is 10.1 Å². The highest BCUT2D eigenvalue weighted by Crippen LogP contribution is 2.34. The van der Waals surface area contributed by atoms with Crippen molar-refractivity contribution in [3.63, 3.8) is 0 Å². The van der Waals surface area contributed by atoms with Gasteiger partial charge in [0, 0.05) is 94.3 Å². The number of carbonyl (C=O) groups excluding carboxylic acids is 2. The number of amides is 2. The van der Waals surface area contributed by atoms with Gasteiger partial charge < -0.3 is 29.0 Å². The Hall–Kier alpha value is -4.82. The van der Waals surface area contributed by atoms with Gasteiger partial charge in [0.15, 0.2) is 6.79 Å². The Morgan fingerprint density at radius 3 is 2.40 bits per heavy atom. The molecule has 280 valence electrons.